The molecule has 0 spiro atoms. The second-order valence-electron chi connectivity index (χ2n) is 3.32. The summed E-state index contributed by atoms with van der Waals surface area (Å²) in [6.07, 6.45) is 1.34. The van der Waals surface area contributed by atoms with Crippen LogP contribution in [-0.4, -0.2) is 44.2 Å². The van der Waals surface area contributed by atoms with Crippen LogP contribution in [0.15, 0.2) is 0 Å². The first-order chi connectivity index (χ1) is 6.64. The molecule has 4 nitrogen and oxygen atoms in total. The lowest BCUT2D eigenvalue weighted by Crippen LogP contribution is -2.37. The van der Waals surface area contributed by atoms with E-state index in [1.165, 1.54) is 0 Å². The van der Waals surface area contributed by atoms with E-state index < -0.39 is 9.84 Å². The van der Waals surface area contributed by atoms with Crippen molar-refractivity contribution in [1.82, 2.24) is 5.32 Å². The quantitative estimate of drug-likeness (QED) is 0.591. The van der Waals surface area contributed by atoms with Gasteiger partial charge in [-0.1, -0.05) is 11.8 Å². The fourth-order valence-electron chi connectivity index (χ4n) is 1.41. The van der Waals surface area contributed by atoms with Crippen molar-refractivity contribution in [1.29, 1.82) is 0 Å². The zero-order chi connectivity index (χ0) is 10.4. The minimum absolute atomic E-state index is 0.124. The molecular weight excluding hydrogens is 202 g/mol. The second kappa shape index (κ2) is 5.35. The van der Waals surface area contributed by atoms with Crippen LogP contribution in [0.5, 0.6) is 0 Å². The molecule has 1 aliphatic heterocycles. The van der Waals surface area contributed by atoms with Crippen molar-refractivity contribution in [2.75, 3.05) is 24.7 Å². The Balaban J connectivity index is 2.23. The van der Waals surface area contributed by atoms with Gasteiger partial charge in [-0.3, -0.25) is 0 Å². The van der Waals surface area contributed by atoms with Crippen molar-refractivity contribution in [3.05, 3.63) is 0 Å². The van der Waals surface area contributed by atoms with Crippen molar-refractivity contribution >= 4 is 9.84 Å². The standard InChI is InChI=1S/C9H15NO3S/c11-6-2-1-5-10-9-3-7-14(12,13)8-4-9/h9-11H,3-8H2. The van der Waals surface area contributed by atoms with Gasteiger partial charge in [0.25, 0.3) is 0 Å². The van der Waals surface area contributed by atoms with Gasteiger partial charge in [-0.15, -0.1) is 0 Å². The fraction of sp³-hybridized carbons (Fsp3) is 0.778. The van der Waals surface area contributed by atoms with Crippen LogP contribution in [0.4, 0.5) is 0 Å². The Morgan fingerprint density at radius 1 is 1.29 bits per heavy atom. The third kappa shape index (κ3) is 4.09. The number of aliphatic hydroxyl groups excluding tert-OH is 1. The van der Waals surface area contributed by atoms with Gasteiger partial charge >= 0.3 is 0 Å². The average Bonchev–Trinajstić information content (AvgIpc) is 2.15. The smallest absolute Gasteiger partial charge is 0.150 e. The highest BCUT2D eigenvalue weighted by Crippen LogP contribution is 2.11. The Labute approximate surface area is 84.6 Å². The second-order valence-corrected chi connectivity index (χ2v) is 5.62. The number of hydrogen-bond acceptors (Lipinski definition) is 4. The van der Waals surface area contributed by atoms with Gasteiger partial charge in [-0.25, -0.2) is 8.42 Å². The highest BCUT2D eigenvalue weighted by atomic mass is 32.2. The zero-order valence-electron chi connectivity index (χ0n) is 7.99. The Bertz CT molecular complexity index is 312. The average molecular weight is 217 g/mol. The predicted molar refractivity (Wildman–Crippen MR) is 54.5 cm³/mol. The maximum atomic E-state index is 11.1. The van der Waals surface area contributed by atoms with Gasteiger partial charge in [-0.2, -0.15) is 0 Å². The topological polar surface area (TPSA) is 66.4 Å². The van der Waals surface area contributed by atoms with Crippen molar-refractivity contribution < 1.29 is 13.5 Å². The lowest BCUT2D eigenvalue weighted by Gasteiger charge is -2.21. The summed E-state index contributed by atoms with van der Waals surface area (Å²) in [5.41, 5.74) is 0. The molecule has 0 aromatic rings. The Morgan fingerprint density at radius 2 is 1.93 bits per heavy atom. The van der Waals surface area contributed by atoms with E-state index >= 15 is 0 Å². The zero-order valence-corrected chi connectivity index (χ0v) is 8.81. The van der Waals surface area contributed by atoms with Gasteiger partial charge in [0, 0.05) is 6.04 Å². The molecule has 0 bridgehead atoms. The SMILES string of the molecule is O=S1(=O)CCC(NCC#CCO)CC1. The molecule has 0 saturated carbocycles. The molecule has 1 heterocycles. The molecule has 5 heteroatoms. The lowest BCUT2D eigenvalue weighted by atomic mass is 10.1. The third-order valence-electron chi connectivity index (χ3n) is 2.24. The molecular formula is C9H15NO3S. The first-order valence-corrected chi connectivity index (χ1v) is 6.46. The molecule has 0 amide bonds. The first-order valence-electron chi connectivity index (χ1n) is 4.64. The van der Waals surface area contributed by atoms with Crippen LogP contribution in [-0.2, 0) is 9.84 Å². The summed E-state index contributed by atoms with van der Waals surface area (Å²) in [4.78, 5) is 0. The van der Waals surface area contributed by atoms with Gasteiger partial charge in [0.1, 0.15) is 16.4 Å². The van der Waals surface area contributed by atoms with E-state index in [0.717, 1.165) is 0 Å². The first kappa shape index (κ1) is 11.5. The number of nitrogens with one attached hydrogen (secondary N) is 1. The molecule has 80 valence electrons. The summed E-state index contributed by atoms with van der Waals surface area (Å²) in [5.74, 6) is 5.82. The highest BCUT2D eigenvalue weighted by Gasteiger charge is 2.22. The summed E-state index contributed by atoms with van der Waals surface area (Å²) in [5, 5.41) is 11.5. The summed E-state index contributed by atoms with van der Waals surface area (Å²) in [6.45, 7) is 0.395. The highest BCUT2D eigenvalue weighted by molar-refractivity contribution is 7.91. The van der Waals surface area contributed by atoms with Crippen LogP contribution < -0.4 is 5.32 Å². The molecule has 0 atom stereocenters. The van der Waals surface area contributed by atoms with Gasteiger partial charge in [-0.05, 0) is 12.8 Å². The summed E-state index contributed by atoms with van der Waals surface area (Å²) < 4.78 is 22.2. The van der Waals surface area contributed by atoms with Gasteiger partial charge < -0.3 is 10.4 Å². The summed E-state index contributed by atoms with van der Waals surface area (Å²) in [6, 6.07) is 0.256. The molecule has 1 fully saturated rings. The van der Waals surface area contributed by atoms with Crippen LogP contribution >= 0.6 is 0 Å². The summed E-state index contributed by atoms with van der Waals surface area (Å²) in [7, 11) is -2.77. The Kier molecular flexibility index (Phi) is 4.39. The fourth-order valence-corrected chi connectivity index (χ4v) is 2.90. The van der Waals surface area contributed by atoms with E-state index in [0.29, 0.717) is 19.4 Å². The van der Waals surface area contributed by atoms with Crippen LogP contribution in [0.3, 0.4) is 0 Å². The van der Waals surface area contributed by atoms with Crippen LogP contribution in [0.1, 0.15) is 12.8 Å². The molecule has 0 aliphatic carbocycles. The van der Waals surface area contributed by atoms with Gasteiger partial charge in [0.05, 0.1) is 18.1 Å². The van der Waals surface area contributed by atoms with Crippen molar-refractivity contribution in [2.45, 2.75) is 18.9 Å². The molecule has 0 unspecified atom stereocenters. The van der Waals surface area contributed by atoms with Gasteiger partial charge in [0.15, 0.2) is 0 Å². The van der Waals surface area contributed by atoms with Crippen molar-refractivity contribution in [3.8, 4) is 11.8 Å². The Hall–Kier alpha value is -0.570. The van der Waals surface area contributed by atoms with Crippen molar-refractivity contribution in [3.63, 3.8) is 0 Å². The number of hydrogen-bond donors (Lipinski definition) is 2. The van der Waals surface area contributed by atoms with E-state index in [2.05, 4.69) is 17.2 Å². The van der Waals surface area contributed by atoms with E-state index in [1.54, 1.807) is 0 Å². The van der Waals surface area contributed by atoms with E-state index in [9.17, 15) is 8.42 Å². The van der Waals surface area contributed by atoms with Gasteiger partial charge in [0.2, 0.25) is 0 Å². The van der Waals surface area contributed by atoms with E-state index in [-0.39, 0.29) is 24.2 Å². The van der Waals surface area contributed by atoms with E-state index in [4.69, 9.17) is 5.11 Å². The predicted octanol–water partition coefficient (Wildman–Crippen LogP) is -0.851. The van der Waals surface area contributed by atoms with Crippen LogP contribution in [0.2, 0.25) is 0 Å². The maximum Gasteiger partial charge on any atom is 0.150 e. The maximum absolute atomic E-state index is 11.1. The molecule has 0 aromatic carbocycles. The monoisotopic (exact) mass is 217 g/mol. The van der Waals surface area contributed by atoms with Crippen molar-refractivity contribution in [2.24, 2.45) is 0 Å². The summed E-state index contributed by atoms with van der Waals surface area (Å²) >= 11 is 0. The molecule has 1 aliphatic rings. The molecule has 1 saturated heterocycles. The normalized spacial score (nSPS) is 21.2. The van der Waals surface area contributed by atoms with Crippen LogP contribution in [0, 0.1) is 11.8 Å². The minimum atomic E-state index is -2.77. The molecule has 14 heavy (non-hydrogen) atoms. The van der Waals surface area contributed by atoms with Crippen LogP contribution in [0.25, 0.3) is 0 Å². The minimum Gasteiger partial charge on any atom is -0.384 e. The largest absolute Gasteiger partial charge is 0.384 e. The third-order valence-corrected chi connectivity index (χ3v) is 3.95. The molecule has 0 aromatic heterocycles. The molecule has 0 radical (unpaired) electrons. The Morgan fingerprint density at radius 3 is 2.50 bits per heavy atom. The number of sulfone groups is 1. The molecule has 2 N–H and O–H groups in total. The van der Waals surface area contributed by atoms with E-state index in [1.807, 2.05) is 0 Å². The number of aliphatic hydroxyl groups is 1. The molecule has 1 rings (SSSR count). The number of rotatable bonds is 2. The lowest BCUT2D eigenvalue weighted by molar-refractivity contribution is 0.350.